The normalized spacial score (nSPS) is 12.9. The highest BCUT2D eigenvalue weighted by Gasteiger charge is 2.04. The van der Waals surface area contributed by atoms with E-state index >= 15 is 0 Å². The zero-order valence-corrected chi connectivity index (χ0v) is 6.63. The third-order valence-corrected chi connectivity index (χ3v) is 1.63. The average Bonchev–Trinajstić information content (AvgIpc) is 2.09. The predicted molar refractivity (Wildman–Crippen MR) is 44.1 cm³/mol. The van der Waals surface area contributed by atoms with E-state index in [1.54, 1.807) is 12.1 Å². The molecule has 0 heterocycles. The molecule has 2 N–H and O–H groups in total. The maximum absolute atomic E-state index is 12.7. The van der Waals surface area contributed by atoms with Crippen molar-refractivity contribution in [1.82, 2.24) is 0 Å². The number of halogens is 2. The molecule has 0 saturated carbocycles. The summed E-state index contributed by atoms with van der Waals surface area (Å²) >= 11 is 0. The van der Waals surface area contributed by atoms with Gasteiger partial charge in [-0.3, -0.25) is 0 Å². The van der Waals surface area contributed by atoms with Crippen molar-refractivity contribution in [2.24, 2.45) is 5.73 Å². The first-order valence-corrected chi connectivity index (χ1v) is 3.81. The van der Waals surface area contributed by atoms with Crippen molar-refractivity contribution < 1.29 is 8.78 Å². The Bertz CT molecular complexity index is 233. The molecule has 1 atom stereocenters. The maximum atomic E-state index is 12.7. The van der Waals surface area contributed by atoms with Gasteiger partial charge in [0.1, 0.15) is 12.0 Å². The number of nitrogens with two attached hydrogens (primary N) is 1. The molecule has 0 amide bonds. The first-order valence-electron chi connectivity index (χ1n) is 3.81. The summed E-state index contributed by atoms with van der Waals surface area (Å²) < 4.78 is 25.1. The molecule has 0 aliphatic carbocycles. The van der Waals surface area contributed by atoms with Gasteiger partial charge in [0, 0.05) is 13.0 Å². The van der Waals surface area contributed by atoms with Crippen molar-refractivity contribution in [3.63, 3.8) is 0 Å². The third-order valence-electron chi connectivity index (χ3n) is 1.63. The average molecular weight is 171 g/mol. The second kappa shape index (κ2) is 4.16. The van der Waals surface area contributed by atoms with Crippen LogP contribution in [0.4, 0.5) is 8.78 Å². The topological polar surface area (TPSA) is 26.0 Å². The Balaban J connectivity index is 2.58. The monoisotopic (exact) mass is 171 g/mol. The van der Waals surface area contributed by atoms with Crippen LogP contribution in [0.15, 0.2) is 24.3 Å². The molecule has 0 aromatic heterocycles. The summed E-state index contributed by atoms with van der Waals surface area (Å²) in [6.07, 6.45) is -0.771. The van der Waals surface area contributed by atoms with Gasteiger partial charge in [-0.1, -0.05) is 12.1 Å². The molecule has 0 radical (unpaired) electrons. The molecule has 1 nitrogen and oxygen atoms in total. The smallest absolute Gasteiger partial charge is 0.123 e. The molecule has 12 heavy (non-hydrogen) atoms. The van der Waals surface area contributed by atoms with Crippen molar-refractivity contribution in [3.8, 4) is 0 Å². The fourth-order valence-electron chi connectivity index (χ4n) is 0.960. The molecule has 0 spiro atoms. The molecule has 1 aromatic rings. The Morgan fingerprint density at radius 3 is 2.33 bits per heavy atom. The summed E-state index contributed by atoms with van der Waals surface area (Å²) in [6.45, 7) is 0.0113. The lowest BCUT2D eigenvalue weighted by atomic mass is 10.1. The van der Waals surface area contributed by atoms with Gasteiger partial charge in [0.2, 0.25) is 0 Å². The van der Waals surface area contributed by atoms with Crippen LogP contribution in [-0.2, 0) is 6.42 Å². The van der Waals surface area contributed by atoms with Gasteiger partial charge in [0.05, 0.1) is 0 Å². The second-order valence-corrected chi connectivity index (χ2v) is 2.66. The largest absolute Gasteiger partial charge is 0.328 e. The standard InChI is InChI=1S/C9H11F2N/c10-8-3-1-7(2-4-8)5-9(11)6-12/h1-4,9H,5-6,12H2/t9-/m1/s1. The summed E-state index contributed by atoms with van der Waals surface area (Å²) in [5.41, 5.74) is 5.87. The van der Waals surface area contributed by atoms with E-state index in [0.29, 0.717) is 0 Å². The van der Waals surface area contributed by atoms with Gasteiger partial charge in [-0.2, -0.15) is 0 Å². The lowest BCUT2D eigenvalue weighted by Crippen LogP contribution is -2.17. The summed E-state index contributed by atoms with van der Waals surface area (Å²) in [5, 5.41) is 0. The molecule has 0 aliphatic heterocycles. The van der Waals surface area contributed by atoms with E-state index in [4.69, 9.17) is 5.73 Å². The minimum Gasteiger partial charge on any atom is -0.328 e. The van der Waals surface area contributed by atoms with E-state index in [1.807, 2.05) is 0 Å². The van der Waals surface area contributed by atoms with Crippen LogP contribution in [0.25, 0.3) is 0 Å². The number of hydrogen-bond donors (Lipinski definition) is 1. The van der Waals surface area contributed by atoms with Gasteiger partial charge in [0.25, 0.3) is 0 Å². The van der Waals surface area contributed by atoms with Crippen LogP contribution in [-0.4, -0.2) is 12.7 Å². The van der Waals surface area contributed by atoms with Crippen LogP contribution in [0.3, 0.4) is 0 Å². The summed E-state index contributed by atoms with van der Waals surface area (Å²) in [6, 6.07) is 5.77. The van der Waals surface area contributed by atoms with Crippen LogP contribution in [0.1, 0.15) is 5.56 Å². The quantitative estimate of drug-likeness (QED) is 0.735. The van der Waals surface area contributed by atoms with Crippen LogP contribution in [0.5, 0.6) is 0 Å². The van der Waals surface area contributed by atoms with Crippen LogP contribution >= 0.6 is 0 Å². The number of hydrogen-bond acceptors (Lipinski definition) is 1. The SMILES string of the molecule is NC[C@H](F)Cc1ccc(F)cc1. The molecule has 1 aromatic carbocycles. The lowest BCUT2D eigenvalue weighted by Gasteiger charge is -2.04. The zero-order chi connectivity index (χ0) is 8.97. The lowest BCUT2D eigenvalue weighted by molar-refractivity contribution is 0.340. The first-order chi connectivity index (χ1) is 5.72. The molecule has 66 valence electrons. The van der Waals surface area contributed by atoms with E-state index in [0.717, 1.165) is 5.56 Å². The number of benzene rings is 1. The van der Waals surface area contributed by atoms with Gasteiger partial charge in [0.15, 0.2) is 0 Å². The van der Waals surface area contributed by atoms with Crippen molar-refractivity contribution in [1.29, 1.82) is 0 Å². The minimum atomic E-state index is -1.03. The molecular weight excluding hydrogens is 160 g/mol. The Morgan fingerprint density at radius 2 is 1.83 bits per heavy atom. The van der Waals surface area contributed by atoms with Crippen LogP contribution in [0, 0.1) is 5.82 Å². The van der Waals surface area contributed by atoms with Crippen molar-refractivity contribution in [2.75, 3.05) is 6.54 Å². The molecule has 0 fully saturated rings. The number of alkyl halides is 1. The van der Waals surface area contributed by atoms with E-state index in [1.165, 1.54) is 12.1 Å². The van der Waals surface area contributed by atoms with Crippen LogP contribution < -0.4 is 5.73 Å². The summed E-state index contributed by atoms with van der Waals surface area (Å²) in [7, 11) is 0. The maximum Gasteiger partial charge on any atom is 0.123 e. The Kier molecular flexibility index (Phi) is 3.17. The number of rotatable bonds is 3. The first kappa shape index (κ1) is 9.13. The van der Waals surface area contributed by atoms with Gasteiger partial charge < -0.3 is 5.73 Å². The molecule has 0 unspecified atom stereocenters. The van der Waals surface area contributed by atoms with E-state index < -0.39 is 6.17 Å². The van der Waals surface area contributed by atoms with Crippen molar-refractivity contribution in [3.05, 3.63) is 35.6 Å². The second-order valence-electron chi connectivity index (χ2n) is 2.66. The molecule has 1 rings (SSSR count). The van der Waals surface area contributed by atoms with Gasteiger partial charge >= 0.3 is 0 Å². The third kappa shape index (κ3) is 2.58. The highest BCUT2D eigenvalue weighted by Crippen LogP contribution is 2.06. The van der Waals surface area contributed by atoms with Gasteiger partial charge in [-0.25, -0.2) is 8.78 Å². The van der Waals surface area contributed by atoms with Gasteiger partial charge in [-0.05, 0) is 17.7 Å². The Morgan fingerprint density at radius 1 is 1.25 bits per heavy atom. The van der Waals surface area contributed by atoms with Crippen molar-refractivity contribution >= 4 is 0 Å². The van der Waals surface area contributed by atoms with E-state index in [-0.39, 0.29) is 18.8 Å². The molecule has 3 heteroatoms. The summed E-state index contributed by atoms with van der Waals surface area (Å²) in [4.78, 5) is 0. The minimum absolute atomic E-state index is 0.0113. The van der Waals surface area contributed by atoms with Crippen LogP contribution in [0.2, 0.25) is 0 Å². The fourth-order valence-corrected chi connectivity index (χ4v) is 0.960. The zero-order valence-electron chi connectivity index (χ0n) is 6.63. The van der Waals surface area contributed by atoms with E-state index in [9.17, 15) is 8.78 Å². The predicted octanol–water partition coefficient (Wildman–Crippen LogP) is 1.66. The Hall–Kier alpha value is -0.960. The molecule has 0 bridgehead atoms. The molecular formula is C9H11F2N. The Labute approximate surface area is 70.2 Å². The van der Waals surface area contributed by atoms with Gasteiger partial charge in [-0.15, -0.1) is 0 Å². The van der Waals surface area contributed by atoms with Crippen molar-refractivity contribution in [2.45, 2.75) is 12.6 Å². The highest BCUT2D eigenvalue weighted by molar-refractivity contribution is 5.16. The van der Waals surface area contributed by atoms with E-state index in [2.05, 4.69) is 0 Å². The highest BCUT2D eigenvalue weighted by atomic mass is 19.1. The molecule has 0 saturated heterocycles. The summed E-state index contributed by atoms with van der Waals surface area (Å²) in [5.74, 6) is -0.304. The fraction of sp³-hybridized carbons (Fsp3) is 0.333. The molecule has 0 aliphatic rings.